The van der Waals surface area contributed by atoms with Gasteiger partial charge in [0, 0.05) is 12.8 Å². The molecule has 0 aliphatic heterocycles. The van der Waals surface area contributed by atoms with E-state index in [4.69, 9.17) is 4.42 Å². The molecule has 0 spiro atoms. The number of carbonyl (C=O) groups excluding carboxylic acids is 1. The monoisotopic (exact) mass is 340 g/mol. The number of amides is 2. The van der Waals surface area contributed by atoms with Gasteiger partial charge in [-0.25, -0.2) is 9.48 Å². The summed E-state index contributed by atoms with van der Waals surface area (Å²) in [4.78, 5) is 12.4. The van der Waals surface area contributed by atoms with Crippen molar-refractivity contribution < 1.29 is 14.3 Å². The molecule has 2 amide bonds. The molecule has 0 aliphatic carbocycles. The Balaban J connectivity index is 1.75. The standard InChI is InChI=1S/C18H20N4O3/c1-13-8-10-22(21-13)16-6-3-2-5-14(16)19-18(24)20-15(9-11-23)17-7-4-12-25-17/h2-8,10,12,15,23H,9,11H2,1H3,(H2,19,20,24). The summed E-state index contributed by atoms with van der Waals surface area (Å²) in [5.41, 5.74) is 2.29. The van der Waals surface area contributed by atoms with Crippen molar-refractivity contribution >= 4 is 11.7 Å². The van der Waals surface area contributed by atoms with Crippen molar-refractivity contribution in [1.29, 1.82) is 0 Å². The quantitative estimate of drug-likeness (QED) is 0.643. The Morgan fingerprint density at radius 1 is 1.28 bits per heavy atom. The molecule has 0 fully saturated rings. The molecular weight excluding hydrogens is 320 g/mol. The van der Waals surface area contributed by atoms with Crippen LogP contribution in [0.3, 0.4) is 0 Å². The maximum atomic E-state index is 12.4. The molecular formula is C18H20N4O3. The second-order valence-electron chi connectivity index (χ2n) is 5.60. The third kappa shape index (κ3) is 4.07. The average molecular weight is 340 g/mol. The van der Waals surface area contributed by atoms with Gasteiger partial charge in [-0.05, 0) is 43.7 Å². The highest BCUT2D eigenvalue weighted by Crippen LogP contribution is 2.21. The van der Waals surface area contributed by atoms with Crippen molar-refractivity contribution in [3.05, 3.63) is 66.4 Å². The number of anilines is 1. The number of urea groups is 1. The van der Waals surface area contributed by atoms with E-state index in [9.17, 15) is 9.90 Å². The second-order valence-corrected chi connectivity index (χ2v) is 5.60. The van der Waals surface area contributed by atoms with Crippen LogP contribution in [0.5, 0.6) is 0 Å². The molecule has 2 aromatic heterocycles. The minimum Gasteiger partial charge on any atom is -0.467 e. The third-order valence-electron chi connectivity index (χ3n) is 3.73. The molecule has 0 saturated carbocycles. The topological polar surface area (TPSA) is 92.3 Å². The minimum atomic E-state index is -0.404. The molecule has 0 aliphatic rings. The molecule has 3 N–H and O–H groups in total. The molecule has 0 saturated heterocycles. The number of rotatable bonds is 6. The van der Waals surface area contributed by atoms with Crippen LogP contribution in [0.4, 0.5) is 10.5 Å². The van der Waals surface area contributed by atoms with E-state index in [1.54, 1.807) is 22.9 Å². The van der Waals surface area contributed by atoms with Crippen LogP contribution in [0.2, 0.25) is 0 Å². The first-order chi connectivity index (χ1) is 12.2. The fourth-order valence-electron chi connectivity index (χ4n) is 2.55. The number of carbonyl (C=O) groups is 1. The van der Waals surface area contributed by atoms with Crippen molar-refractivity contribution in [3.8, 4) is 5.69 Å². The Morgan fingerprint density at radius 3 is 2.80 bits per heavy atom. The van der Waals surface area contributed by atoms with Gasteiger partial charge in [-0.2, -0.15) is 5.10 Å². The van der Waals surface area contributed by atoms with E-state index >= 15 is 0 Å². The summed E-state index contributed by atoms with van der Waals surface area (Å²) in [7, 11) is 0. The van der Waals surface area contributed by atoms with Crippen LogP contribution >= 0.6 is 0 Å². The normalized spacial score (nSPS) is 11.9. The fourth-order valence-corrected chi connectivity index (χ4v) is 2.55. The number of hydrogen-bond acceptors (Lipinski definition) is 4. The lowest BCUT2D eigenvalue weighted by atomic mass is 10.1. The number of para-hydroxylation sites is 2. The predicted octanol–water partition coefficient (Wildman–Crippen LogP) is 3.02. The number of hydrogen-bond donors (Lipinski definition) is 3. The summed E-state index contributed by atoms with van der Waals surface area (Å²) < 4.78 is 7.04. The Labute approximate surface area is 145 Å². The molecule has 1 aromatic carbocycles. The molecule has 7 heteroatoms. The Kier molecular flexibility index (Phi) is 5.15. The first-order valence-electron chi connectivity index (χ1n) is 8.01. The predicted molar refractivity (Wildman–Crippen MR) is 93.6 cm³/mol. The highest BCUT2D eigenvalue weighted by atomic mass is 16.3. The first-order valence-corrected chi connectivity index (χ1v) is 8.01. The van der Waals surface area contributed by atoms with Gasteiger partial charge >= 0.3 is 6.03 Å². The van der Waals surface area contributed by atoms with Crippen LogP contribution in [0, 0.1) is 6.92 Å². The van der Waals surface area contributed by atoms with Gasteiger partial charge in [-0.1, -0.05) is 12.1 Å². The van der Waals surface area contributed by atoms with E-state index < -0.39 is 6.04 Å². The van der Waals surface area contributed by atoms with E-state index in [-0.39, 0.29) is 12.6 Å². The minimum absolute atomic E-state index is 0.0607. The summed E-state index contributed by atoms with van der Waals surface area (Å²) in [6.07, 6.45) is 3.74. The second kappa shape index (κ2) is 7.67. The van der Waals surface area contributed by atoms with Gasteiger partial charge in [0.05, 0.1) is 29.4 Å². The van der Waals surface area contributed by atoms with Crippen molar-refractivity contribution in [3.63, 3.8) is 0 Å². The lowest BCUT2D eigenvalue weighted by Crippen LogP contribution is -2.33. The summed E-state index contributed by atoms with van der Waals surface area (Å²) in [6, 6.07) is 12.0. The smallest absolute Gasteiger partial charge is 0.319 e. The number of benzene rings is 1. The lowest BCUT2D eigenvalue weighted by Gasteiger charge is -2.17. The number of furan rings is 1. The summed E-state index contributed by atoms with van der Waals surface area (Å²) in [5.74, 6) is 0.597. The summed E-state index contributed by atoms with van der Waals surface area (Å²) in [6.45, 7) is 1.84. The van der Waals surface area contributed by atoms with E-state index in [0.717, 1.165) is 11.4 Å². The maximum Gasteiger partial charge on any atom is 0.319 e. The summed E-state index contributed by atoms with van der Waals surface area (Å²) >= 11 is 0. The van der Waals surface area contributed by atoms with Gasteiger partial charge in [0.25, 0.3) is 0 Å². The highest BCUT2D eigenvalue weighted by molar-refractivity contribution is 5.91. The molecule has 25 heavy (non-hydrogen) atoms. The van der Waals surface area contributed by atoms with E-state index in [0.29, 0.717) is 17.9 Å². The number of nitrogens with zero attached hydrogens (tertiary/aromatic N) is 2. The number of aliphatic hydroxyl groups excluding tert-OH is 1. The number of nitrogens with one attached hydrogen (secondary N) is 2. The first kappa shape index (κ1) is 16.8. The van der Waals surface area contributed by atoms with E-state index in [1.807, 2.05) is 37.4 Å². The Morgan fingerprint density at radius 2 is 2.12 bits per heavy atom. The average Bonchev–Trinajstić information content (AvgIpc) is 3.26. The van der Waals surface area contributed by atoms with E-state index in [2.05, 4.69) is 15.7 Å². The van der Waals surface area contributed by atoms with Crippen LogP contribution in [-0.4, -0.2) is 27.5 Å². The number of aromatic nitrogens is 2. The van der Waals surface area contributed by atoms with E-state index in [1.165, 1.54) is 6.26 Å². The molecule has 3 rings (SSSR count). The maximum absolute atomic E-state index is 12.4. The lowest BCUT2D eigenvalue weighted by molar-refractivity contribution is 0.233. The molecule has 3 aromatic rings. The Bertz CT molecular complexity index is 826. The number of aliphatic hydroxyl groups is 1. The molecule has 1 unspecified atom stereocenters. The molecule has 1 atom stereocenters. The largest absolute Gasteiger partial charge is 0.467 e. The molecule has 0 bridgehead atoms. The van der Waals surface area contributed by atoms with Gasteiger partial charge < -0.3 is 20.2 Å². The zero-order chi connectivity index (χ0) is 17.6. The van der Waals surface area contributed by atoms with Gasteiger partial charge in [-0.15, -0.1) is 0 Å². The molecule has 7 nitrogen and oxygen atoms in total. The Hall–Kier alpha value is -3.06. The van der Waals surface area contributed by atoms with Crippen molar-refractivity contribution in [2.24, 2.45) is 0 Å². The van der Waals surface area contributed by atoms with Crippen LogP contribution in [0.15, 0.2) is 59.3 Å². The van der Waals surface area contributed by atoms with Crippen LogP contribution in [-0.2, 0) is 0 Å². The van der Waals surface area contributed by atoms with Crippen LogP contribution < -0.4 is 10.6 Å². The van der Waals surface area contributed by atoms with Crippen LogP contribution in [0.25, 0.3) is 5.69 Å². The zero-order valence-corrected chi connectivity index (χ0v) is 13.8. The highest BCUT2D eigenvalue weighted by Gasteiger charge is 2.17. The van der Waals surface area contributed by atoms with Crippen molar-refractivity contribution in [2.75, 3.05) is 11.9 Å². The zero-order valence-electron chi connectivity index (χ0n) is 13.8. The summed E-state index contributed by atoms with van der Waals surface area (Å²) in [5, 5.41) is 19.2. The number of aryl methyl sites for hydroxylation is 1. The fraction of sp³-hybridized carbons (Fsp3) is 0.222. The van der Waals surface area contributed by atoms with Gasteiger partial charge in [-0.3, -0.25) is 0 Å². The van der Waals surface area contributed by atoms with Gasteiger partial charge in [0.1, 0.15) is 5.76 Å². The molecule has 130 valence electrons. The van der Waals surface area contributed by atoms with Gasteiger partial charge in [0.2, 0.25) is 0 Å². The van der Waals surface area contributed by atoms with Crippen molar-refractivity contribution in [2.45, 2.75) is 19.4 Å². The van der Waals surface area contributed by atoms with Crippen LogP contribution in [0.1, 0.15) is 23.9 Å². The van der Waals surface area contributed by atoms with Crippen molar-refractivity contribution in [1.82, 2.24) is 15.1 Å². The molecule has 0 radical (unpaired) electrons. The van der Waals surface area contributed by atoms with Gasteiger partial charge in [0.15, 0.2) is 0 Å². The SMILES string of the molecule is Cc1ccn(-c2ccccc2NC(=O)NC(CCO)c2ccco2)n1. The molecule has 2 heterocycles. The third-order valence-corrected chi connectivity index (χ3v) is 3.73.